The minimum Gasteiger partial charge on any atom is -0.467 e. The van der Waals surface area contributed by atoms with Gasteiger partial charge in [0.2, 0.25) is 5.91 Å². The van der Waals surface area contributed by atoms with E-state index in [1.54, 1.807) is 6.26 Å². The van der Waals surface area contributed by atoms with Gasteiger partial charge in [0.05, 0.1) is 24.9 Å². The van der Waals surface area contributed by atoms with Gasteiger partial charge >= 0.3 is 0 Å². The Balaban J connectivity index is 1.49. The summed E-state index contributed by atoms with van der Waals surface area (Å²) >= 11 is 0. The fourth-order valence-electron chi connectivity index (χ4n) is 3.54. The first-order valence-electron chi connectivity index (χ1n) is 10.0. The van der Waals surface area contributed by atoms with Crippen LogP contribution in [0, 0.1) is 0 Å². The number of hydrogen-bond donors (Lipinski definition) is 2. The fourth-order valence-corrected chi connectivity index (χ4v) is 3.54. The van der Waals surface area contributed by atoms with Gasteiger partial charge in [0.15, 0.2) is 0 Å². The molecule has 0 radical (unpaired) electrons. The number of carbonyl (C=O) groups excluding carboxylic acids is 1. The van der Waals surface area contributed by atoms with Crippen LogP contribution in [-0.4, -0.2) is 12.5 Å². The van der Waals surface area contributed by atoms with E-state index in [2.05, 4.69) is 10.6 Å². The third-order valence-electron chi connectivity index (χ3n) is 5.00. The third kappa shape index (κ3) is 4.85. The Labute approximate surface area is 176 Å². The molecule has 4 heteroatoms. The van der Waals surface area contributed by atoms with Crippen LogP contribution in [-0.2, 0) is 4.79 Å². The van der Waals surface area contributed by atoms with Crippen molar-refractivity contribution in [2.24, 2.45) is 0 Å². The van der Waals surface area contributed by atoms with Gasteiger partial charge in [0, 0.05) is 0 Å². The van der Waals surface area contributed by atoms with Gasteiger partial charge in [0.25, 0.3) is 0 Å². The molecule has 3 aromatic carbocycles. The SMILES string of the molecule is O=C(CN[C@H](c1ccccc1)c1ccco1)NC(c1ccccc1)c1ccccc1. The van der Waals surface area contributed by atoms with Crippen molar-refractivity contribution in [3.05, 3.63) is 132 Å². The minimum absolute atomic E-state index is 0.0832. The zero-order chi connectivity index (χ0) is 20.6. The van der Waals surface area contributed by atoms with E-state index < -0.39 is 0 Å². The summed E-state index contributed by atoms with van der Waals surface area (Å²) in [5.41, 5.74) is 3.13. The number of amides is 1. The quantitative estimate of drug-likeness (QED) is 0.447. The van der Waals surface area contributed by atoms with Crippen molar-refractivity contribution in [1.29, 1.82) is 0 Å². The van der Waals surface area contributed by atoms with Crippen LogP contribution < -0.4 is 10.6 Å². The van der Waals surface area contributed by atoms with Crippen LogP contribution in [0.3, 0.4) is 0 Å². The lowest BCUT2D eigenvalue weighted by Crippen LogP contribution is -2.38. The van der Waals surface area contributed by atoms with Gasteiger partial charge in [-0.05, 0) is 28.8 Å². The van der Waals surface area contributed by atoms with Crippen molar-refractivity contribution in [1.82, 2.24) is 10.6 Å². The van der Waals surface area contributed by atoms with Crippen molar-refractivity contribution in [3.63, 3.8) is 0 Å². The lowest BCUT2D eigenvalue weighted by Gasteiger charge is -2.22. The van der Waals surface area contributed by atoms with Gasteiger partial charge in [0.1, 0.15) is 5.76 Å². The van der Waals surface area contributed by atoms with Crippen LogP contribution in [0.5, 0.6) is 0 Å². The smallest absolute Gasteiger partial charge is 0.234 e. The van der Waals surface area contributed by atoms with Crippen molar-refractivity contribution in [2.75, 3.05) is 6.54 Å². The molecule has 0 aliphatic rings. The molecule has 0 aliphatic carbocycles. The zero-order valence-corrected chi connectivity index (χ0v) is 16.6. The van der Waals surface area contributed by atoms with Crippen LogP contribution in [0.2, 0.25) is 0 Å². The van der Waals surface area contributed by atoms with E-state index >= 15 is 0 Å². The highest BCUT2D eigenvalue weighted by Gasteiger charge is 2.20. The lowest BCUT2D eigenvalue weighted by atomic mass is 9.98. The number of rotatable bonds is 8. The van der Waals surface area contributed by atoms with E-state index in [0.717, 1.165) is 22.5 Å². The summed E-state index contributed by atoms with van der Waals surface area (Å²) < 4.78 is 5.61. The summed E-state index contributed by atoms with van der Waals surface area (Å²) in [5, 5.41) is 6.51. The van der Waals surface area contributed by atoms with Crippen molar-refractivity contribution >= 4 is 5.91 Å². The van der Waals surface area contributed by atoms with Crippen molar-refractivity contribution < 1.29 is 9.21 Å². The van der Waals surface area contributed by atoms with E-state index in [9.17, 15) is 4.79 Å². The molecule has 1 atom stereocenters. The van der Waals surface area contributed by atoms with Crippen LogP contribution in [0.25, 0.3) is 0 Å². The summed E-state index contributed by atoms with van der Waals surface area (Å²) in [4.78, 5) is 12.9. The van der Waals surface area contributed by atoms with Crippen LogP contribution in [0.1, 0.15) is 34.5 Å². The second kappa shape index (κ2) is 9.72. The Morgan fingerprint density at radius 3 is 1.63 bits per heavy atom. The molecule has 0 spiro atoms. The zero-order valence-electron chi connectivity index (χ0n) is 16.6. The molecular weight excluding hydrogens is 372 g/mol. The Kier molecular flexibility index (Phi) is 6.38. The minimum atomic E-state index is -0.208. The van der Waals surface area contributed by atoms with Crippen LogP contribution in [0.15, 0.2) is 114 Å². The Morgan fingerprint density at radius 1 is 0.667 bits per heavy atom. The maximum Gasteiger partial charge on any atom is 0.234 e. The number of furan rings is 1. The lowest BCUT2D eigenvalue weighted by molar-refractivity contribution is -0.120. The molecule has 0 unspecified atom stereocenters. The molecule has 0 bridgehead atoms. The molecule has 4 aromatic rings. The molecule has 0 aliphatic heterocycles. The van der Waals surface area contributed by atoms with E-state index in [-0.39, 0.29) is 24.5 Å². The van der Waals surface area contributed by atoms with Crippen LogP contribution >= 0.6 is 0 Å². The summed E-state index contributed by atoms with van der Waals surface area (Å²) in [5.74, 6) is 0.692. The first-order chi connectivity index (χ1) is 14.8. The molecule has 0 saturated heterocycles. The first kappa shape index (κ1) is 19.7. The predicted molar refractivity (Wildman–Crippen MR) is 118 cm³/mol. The molecule has 150 valence electrons. The van der Waals surface area contributed by atoms with Gasteiger partial charge in [-0.25, -0.2) is 0 Å². The van der Waals surface area contributed by atoms with E-state index in [1.165, 1.54) is 0 Å². The average Bonchev–Trinajstić information content (AvgIpc) is 3.34. The highest BCUT2D eigenvalue weighted by Crippen LogP contribution is 2.23. The Bertz CT molecular complexity index is 993. The molecule has 1 heterocycles. The van der Waals surface area contributed by atoms with Crippen molar-refractivity contribution in [3.8, 4) is 0 Å². The monoisotopic (exact) mass is 396 g/mol. The maximum atomic E-state index is 12.9. The number of hydrogen-bond acceptors (Lipinski definition) is 3. The van der Waals surface area contributed by atoms with Gasteiger partial charge in [-0.1, -0.05) is 91.0 Å². The molecule has 0 fully saturated rings. The summed E-state index contributed by atoms with van der Waals surface area (Å²) in [6.07, 6.45) is 1.65. The van der Waals surface area contributed by atoms with Crippen molar-refractivity contribution in [2.45, 2.75) is 12.1 Å². The second-order valence-electron chi connectivity index (χ2n) is 7.06. The van der Waals surface area contributed by atoms with Gasteiger partial charge in [-0.15, -0.1) is 0 Å². The topological polar surface area (TPSA) is 54.3 Å². The van der Waals surface area contributed by atoms with E-state index in [4.69, 9.17) is 4.42 Å². The molecule has 4 nitrogen and oxygen atoms in total. The highest BCUT2D eigenvalue weighted by molar-refractivity contribution is 5.79. The second-order valence-corrected chi connectivity index (χ2v) is 7.06. The molecule has 1 aromatic heterocycles. The largest absolute Gasteiger partial charge is 0.467 e. The molecule has 30 heavy (non-hydrogen) atoms. The molecular formula is C26H24N2O2. The van der Waals surface area contributed by atoms with Gasteiger partial charge < -0.3 is 9.73 Å². The third-order valence-corrected chi connectivity index (χ3v) is 5.00. The first-order valence-corrected chi connectivity index (χ1v) is 10.0. The number of carbonyl (C=O) groups is 1. The Hall–Kier alpha value is -3.63. The highest BCUT2D eigenvalue weighted by atomic mass is 16.3. The molecule has 2 N–H and O–H groups in total. The van der Waals surface area contributed by atoms with E-state index in [1.807, 2.05) is 103 Å². The Morgan fingerprint density at radius 2 is 1.17 bits per heavy atom. The predicted octanol–water partition coefficient (Wildman–Crippen LogP) is 4.86. The fraction of sp³-hybridized carbons (Fsp3) is 0.115. The normalized spacial score (nSPS) is 11.9. The summed E-state index contributed by atoms with van der Waals surface area (Å²) in [6, 6.07) is 33.3. The van der Waals surface area contributed by atoms with E-state index in [0.29, 0.717) is 0 Å². The van der Waals surface area contributed by atoms with Crippen LogP contribution in [0.4, 0.5) is 0 Å². The molecule has 4 rings (SSSR count). The summed E-state index contributed by atoms with van der Waals surface area (Å²) in [6.45, 7) is 0.163. The van der Waals surface area contributed by atoms with Gasteiger partial charge in [-0.3, -0.25) is 10.1 Å². The maximum absolute atomic E-state index is 12.9. The number of nitrogens with one attached hydrogen (secondary N) is 2. The van der Waals surface area contributed by atoms with Gasteiger partial charge in [-0.2, -0.15) is 0 Å². The molecule has 1 amide bonds. The number of benzene rings is 3. The summed E-state index contributed by atoms with van der Waals surface area (Å²) in [7, 11) is 0. The average molecular weight is 396 g/mol. The molecule has 0 saturated carbocycles. The standard InChI is InChI=1S/C26H24N2O2/c29-24(19-27-26(23-17-10-18-30-23)22-15-8-3-9-16-22)28-25(20-11-4-1-5-12-20)21-13-6-2-7-14-21/h1-18,25-27H,19H2,(H,28,29)/t26-/m1/s1.